The van der Waals surface area contributed by atoms with Gasteiger partial charge in [0.1, 0.15) is 11.5 Å². The smallest absolute Gasteiger partial charge is 0.270 e. The minimum Gasteiger partial charge on any atom is -0.383 e. The fraction of sp³-hybridized carbons (Fsp3) is 0.364. The molecule has 0 fully saturated rings. The van der Waals surface area contributed by atoms with Gasteiger partial charge in [0.2, 0.25) is 0 Å². The highest BCUT2D eigenvalue weighted by atomic mass is 79.9. The number of carbonyl (C=O) groups is 1. The normalized spacial score (nSPS) is 13.2. The van der Waals surface area contributed by atoms with Crippen molar-refractivity contribution in [2.45, 2.75) is 52.5 Å². The second-order valence-electron chi connectivity index (χ2n) is 7.42. The summed E-state index contributed by atoms with van der Waals surface area (Å²) in [4.78, 5) is 23.3. The molecule has 3 heterocycles. The molecule has 1 aromatic carbocycles. The van der Waals surface area contributed by atoms with Crippen LogP contribution in [0.25, 0.3) is 11.0 Å². The molecule has 29 heavy (non-hydrogen) atoms. The van der Waals surface area contributed by atoms with E-state index in [0.717, 1.165) is 39.5 Å². The second-order valence-corrected chi connectivity index (χ2v) is 8.34. The topological polar surface area (TPSA) is 84.2 Å². The number of nitrogens with zero attached hydrogens (tertiary/aromatic N) is 2. The van der Waals surface area contributed by atoms with Gasteiger partial charge in [-0.1, -0.05) is 41.9 Å². The largest absolute Gasteiger partial charge is 0.383 e. The molecule has 6 nitrogen and oxygen atoms in total. The van der Waals surface area contributed by atoms with Gasteiger partial charge in [-0.2, -0.15) is 0 Å². The summed E-state index contributed by atoms with van der Waals surface area (Å²) >= 11 is 3.47. The molecule has 1 amide bonds. The third-order valence-corrected chi connectivity index (χ3v) is 6.18. The van der Waals surface area contributed by atoms with E-state index >= 15 is 0 Å². The summed E-state index contributed by atoms with van der Waals surface area (Å²) in [5, 5.41) is 0. The molecular formula is C22H25BrN4O2. The summed E-state index contributed by atoms with van der Waals surface area (Å²) in [6, 6.07) is 10.1. The Bertz CT molecular complexity index is 1040. The van der Waals surface area contributed by atoms with Gasteiger partial charge < -0.3 is 20.4 Å². The molecule has 0 unspecified atom stereocenters. The molecule has 3 aromatic rings. The van der Waals surface area contributed by atoms with Crippen molar-refractivity contribution in [2.75, 3.05) is 5.73 Å². The van der Waals surface area contributed by atoms with Gasteiger partial charge in [-0.15, -0.1) is 0 Å². The Kier molecular flexibility index (Phi) is 5.61. The maximum absolute atomic E-state index is 13.5. The predicted molar refractivity (Wildman–Crippen MR) is 117 cm³/mol. The van der Waals surface area contributed by atoms with Crippen LogP contribution in [0.1, 0.15) is 53.9 Å². The first-order chi connectivity index (χ1) is 14.0. The Balaban J connectivity index is 1.71. The van der Waals surface area contributed by atoms with E-state index in [0.29, 0.717) is 36.8 Å². The zero-order valence-corrected chi connectivity index (χ0v) is 18.3. The minimum atomic E-state index is -0.0224. The van der Waals surface area contributed by atoms with Crippen LogP contribution in [-0.2, 0) is 24.5 Å². The van der Waals surface area contributed by atoms with Gasteiger partial charge in [0.25, 0.3) is 5.91 Å². The van der Waals surface area contributed by atoms with Gasteiger partial charge >= 0.3 is 0 Å². The highest BCUT2D eigenvalue weighted by molar-refractivity contribution is 9.10. The number of aromatic nitrogens is 2. The predicted octanol–water partition coefficient (Wildman–Crippen LogP) is 4.77. The molecule has 7 heteroatoms. The fourth-order valence-corrected chi connectivity index (χ4v) is 4.26. The summed E-state index contributed by atoms with van der Waals surface area (Å²) in [6.45, 7) is 5.75. The zero-order valence-electron chi connectivity index (χ0n) is 16.7. The number of nitrogen functional groups attached to an aromatic ring is 1. The van der Waals surface area contributed by atoms with Crippen LogP contribution in [0.2, 0.25) is 0 Å². The number of hydrogen-bond acceptors (Lipinski definition) is 4. The summed E-state index contributed by atoms with van der Waals surface area (Å²) in [7, 11) is 0. The number of amides is 1. The van der Waals surface area contributed by atoms with Gasteiger partial charge in [-0.3, -0.25) is 4.79 Å². The van der Waals surface area contributed by atoms with Crippen molar-refractivity contribution in [2.24, 2.45) is 0 Å². The molecule has 2 aromatic heterocycles. The van der Waals surface area contributed by atoms with Crippen molar-refractivity contribution >= 4 is 38.7 Å². The first-order valence-corrected chi connectivity index (χ1v) is 10.7. The van der Waals surface area contributed by atoms with Crippen molar-refractivity contribution in [3.8, 4) is 0 Å². The Morgan fingerprint density at radius 1 is 1.24 bits per heavy atom. The number of nitrogens with two attached hydrogens (primary N) is 1. The number of ether oxygens (including phenoxy) is 1. The van der Waals surface area contributed by atoms with E-state index in [2.05, 4.69) is 39.7 Å². The van der Waals surface area contributed by atoms with Crippen LogP contribution in [0.3, 0.4) is 0 Å². The molecular weight excluding hydrogens is 432 g/mol. The van der Waals surface area contributed by atoms with Crippen LogP contribution in [0.15, 0.2) is 34.8 Å². The Morgan fingerprint density at radius 3 is 2.62 bits per heavy atom. The number of rotatable bonds is 6. The maximum Gasteiger partial charge on any atom is 0.270 e. The number of pyridine rings is 1. The number of hydrogen-bond donors (Lipinski definition) is 2. The number of H-pyrrole nitrogens is 1. The third kappa shape index (κ3) is 3.76. The van der Waals surface area contributed by atoms with Crippen LogP contribution >= 0.6 is 15.9 Å². The van der Waals surface area contributed by atoms with E-state index in [1.165, 1.54) is 0 Å². The Morgan fingerprint density at radius 2 is 1.93 bits per heavy atom. The number of anilines is 1. The Labute approximate surface area is 178 Å². The van der Waals surface area contributed by atoms with Gasteiger partial charge in [0.05, 0.1) is 24.2 Å². The first kappa shape index (κ1) is 19.9. The SMILES string of the molecule is CCC(CC)N(Cc1ccc(Br)cc1)C(=O)c1cc2nc(N)c3c(c2[nH]1)COC3. The lowest BCUT2D eigenvalue weighted by atomic mass is 10.1. The molecule has 0 saturated heterocycles. The van der Waals surface area contributed by atoms with Crippen molar-refractivity contribution < 1.29 is 9.53 Å². The quantitative estimate of drug-likeness (QED) is 0.559. The first-order valence-electron chi connectivity index (χ1n) is 9.94. The number of carbonyl (C=O) groups excluding carboxylic acids is 1. The molecule has 4 rings (SSSR count). The van der Waals surface area contributed by atoms with E-state index in [1.807, 2.05) is 35.2 Å². The van der Waals surface area contributed by atoms with Crippen LogP contribution in [0.4, 0.5) is 5.82 Å². The summed E-state index contributed by atoms with van der Waals surface area (Å²) < 4.78 is 6.57. The molecule has 1 aliphatic rings. The highest BCUT2D eigenvalue weighted by Gasteiger charge is 2.26. The van der Waals surface area contributed by atoms with Crippen molar-refractivity contribution in [3.63, 3.8) is 0 Å². The van der Waals surface area contributed by atoms with Crippen LogP contribution in [0, 0.1) is 0 Å². The second kappa shape index (κ2) is 8.16. The van der Waals surface area contributed by atoms with E-state index < -0.39 is 0 Å². The average molecular weight is 457 g/mol. The van der Waals surface area contributed by atoms with Crippen LogP contribution in [0.5, 0.6) is 0 Å². The van der Waals surface area contributed by atoms with Gasteiger partial charge in [0.15, 0.2) is 0 Å². The van der Waals surface area contributed by atoms with E-state index in [1.54, 1.807) is 0 Å². The number of fused-ring (bicyclic) bond motifs is 3. The highest BCUT2D eigenvalue weighted by Crippen LogP contribution is 2.31. The molecule has 0 bridgehead atoms. The van der Waals surface area contributed by atoms with Gasteiger partial charge in [-0.05, 0) is 36.6 Å². The number of benzene rings is 1. The van der Waals surface area contributed by atoms with Crippen molar-refractivity contribution in [3.05, 3.63) is 57.2 Å². The van der Waals surface area contributed by atoms with Gasteiger partial charge in [0, 0.05) is 28.2 Å². The average Bonchev–Trinajstić information content (AvgIpc) is 3.36. The molecule has 0 atom stereocenters. The third-order valence-electron chi connectivity index (χ3n) is 5.65. The number of halogens is 1. The van der Waals surface area contributed by atoms with Gasteiger partial charge in [-0.25, -0.2) is 4.98 Å². The van der Waals surface area contributed by atoms with Crippen molar-refractivity contribution in [1.82, 2.24) is 14.9 Å². The lowest BCUT2D eigenvalue weighted by molar-refractivity contribution is 0.0644. The number of aromatic amines is 1. The minimum absolute atomic E-state index is 0.0224. The molecule has 0 spiro atoms. The lowest BCUT2D eigenvalue weighted by Gasteiger charge is -2.30. The van der Waals surface area contributed by atoms with E-state index in [9.17, 15) is 4.79 Å². The Hall–Kier alpha value is -2.38. The van der Waals surface area contributed by atoms with Crippen LogP contribution < -0.4 is 5.73 Å². The molecule has 1 aliphatic heterocycles. The molecule has 0 radical (unpaired) electrons. The lowest BCUT2D eigenvalue weighted by Crippen LogP contribution is -2.39. The monoisotopic (exact) mass is 456 g/mol. The zero-order chi connectivity index (χ0) is 20.5. The standard InChI is InChI=1S/C22H25BrN4O2/c1-3-15(4-2)27(10-13-5-7-14(23)8-6-13)22(28)19-9-18-20(25-19)16-11-29-12-17(16)21(24)26-18/h5-9,15,25H,3-4,10-12H2,1-2H3,(H2,24,26). The maximum atomic E-state index is 13.5. The van der Waals surface area contributed by atoms with E-state index in [4.69, 9.17) is 10.5 Å². The molecule has 152 valence electrons. The summed E-state index contributed by atoms with van der Waals surface area (Å²) in [5.41, 5.74) is 11.2. The molecule has 0 saturated carbocycles. The molecule has 3 N–H and O–H groups in total. The summed E-state index contributed by atoms with van der Waals surface area (Å²) in [6.07, 6.45) is 1.79. The summed E-state index contributed by atoms with van der Waals surface area (Å²) in [5.74, 6) is 0.459. The van der Waals surface area contributed by atoms with Crippen LogP contribution in [-0.4, -0.2) is 26.8 Å². The number of nitrogens with one attached hydrogen (secondary N) is 1. The van der Waals surface area contributed by atoms with Crippen molar-refractivity contribution in [1.29, 1.82) is 0 Å². The van der Waals surface area contributed by atoms with E-state index in [-0.39, 0.29) is 11.9 Å². The fourth-order valence-electron chi connectivity index (χ4n) is 3.99. The molecule has 0 aliphatic carbocycles.